The number of hydrogen-bond donors (Lipinski definition) is 1. The van der Waals surface area contributed by atoms with Gasteiger partial charge in [-0.05, 0) is 43.0 Å². The van der Waals surface area contributed by atoms with Crippen molar-refractivity contribution >= 4 is 21.5 Å². The molecule has 0 unspecified atom stereocenters. The predicted molar refractivity (Wildman–Crippen MR) is 76.1 cm³/mol. The Morgan fingerprint density at radius 2 is 1.84 bits per heavy atom. The van der Waals surface area contributed by atoms with Gasteiger partial charge in [0.25, 0.3) is 0 Å². The Hall–Kier alpha value is -1.37. The highest BCUT2D eigenvalue weighted by Gasteiger charge is 2.18. The maximum absolute atomic E-state index is 11.9. The molecule has 4 nitrogen and oxygen atoms in total. The van der Waals surface area contributed by atoms with Gasteiger partial charge in [0.1, 0.15) is 4.90 Å². The van der Waals surface area contributed by atoms with Crippen LogP contribution in [0, 0.1) is 6.92 Å². The molecule has 0 saturated carbocycles. The second-order valence-electron chi connectivity index (χ2n) is 3.55. The summed E-state index contributed by atoms with van der Waals surface area (Å²) in [6, 6.07) is 10.1. The smallest absolute Gasteiger partial charge is 0.340 e. The predicted octanol–water partition coefficient (Wildman–Crippen LogP) is 2.82. The molecule has 0 amide bonds. The summed E-state index contributed by atoms with van der Waals surface area (Å²) in [6.07, 6.45) is 0. The Kier molecular flexibility index (Phi) is 6.01. The molecule has 1 heterocycles. The summed E-state index contributed by atoms with van der Waals surface area (Å²) < 4.78 is 28.8. The quantitative estimate of drug-likeness (QED) is 0.885. The van der Waals surface area contributed by atoms with Crippen molar-refractivity contribution in [1.82, 2.24) is 0 Å². The highest BCUT2D eigenvalue weighted by Crippen LogP contribution is 2.24. The van der Waals surface area contributed by atoms with Gasteiger partial charge in [0.2, 0.25) is 0 Å². The summed E-state index contributed by atoms with van der Waals surface area (Å²) in [4.78, 5) is 0.211. The Morgan fingerprint density at radius 1 is 1.21 bits per heavy atom. The lowest BCUT2D eigenvalue weighted by Gasteiger charge is -2.06. The van der Waals surface area contributed by atoms with Crippen LogP contribution < -0.4 is 4.18 Å². The van der Waals surface area contributed by atoms with Gasteiger partial charge < -0.3 is 9.29 Å². The van der Waals surface area contributed by atoms with Gasteiger partial charge in [-0.15, -0.1) is 11.3 Å². The van der Waals surface area contributed by atoms with E-state index in [1.54, 1.807) is 49.6 Å². The zero-order valence-electron chi connectivity index (χ0n) is 10.7. The van der Waals surface area contributed by atoms with E-state index in [1.165, 1.54) is 17.4 Å². The minimum Gasteiger partial charge on any atom is -0.397 e. The van der Waals surface area contributed by atoms with E-state index in [-0.39, 0.29) is 11.5 Å². The largest absolute Gasteiger partial charge is 0.397 e. The first-order chi connectivity index (χ1) is 9.01. The summed E-state index contributed by atoms with van der Waals surface area (Å²) in [6.45, 7) is 3.67. The van der Waals surface area contributed by atoms with Crippen LogP contribution in [0.2, 0.25) is 0 Å². The summed E-state index contributed by atoms with van der Waals surface area (Å²) in [5, 5.41) is 9.71. The molecule has 1 N–H and O–H groups in total. The highest BCUT2D eigenvalue weighted by atomic mass is 32.2. The van der Waals surface area contributed by atoms with Gasteiger partial charge in [0, 0.05) is 6.61 Å². The van der Waals surface area contributed by atoms with Gasteiger partial charge in [-0.3, -0.25) is 0 Å². The SMILES string of the molecule is CCO.Cc1ccccc1S(=O)(=O)Oc1cccs1. The molecule has 0 aliphatic carbocycles. The lowest BCUT2D eigenvalue weighted by molar-refractivity contribution is 0.318. The Balaban J connectivity index is 0.000000550. The third-order valence-corrected chi connectivity index (χ3v) is 4.30. The first-order valence-electron chi connectivity index (χ1n) is 5.65. The van der Waals surface area contributed by atoms with E-state index in [0.717, 1.165) is 0 Å². The number of benzene rings is 1. The number of thiophene rings is 1. The molecule has 1 aromatic heterocycles. The lowest BCUT2D eigenvalue weighted by atomic mass is 10.2. The van der Waals surface area contributed by atoms with Crippen molar-refractivity contribution in [2.45, 2.75) is 18.7 Å². The molecular weight excluding hydrogens is 284 g/mol. The minimum atomic E-state index is -3.70. The van der Waals surface area contributed by atoms with Crippen molar-refractivity contribution in [3.8, 4) is 5.06 Å². The molecule has 0 spiro atoms. The van der Waals surface area contributed by atoms with Crippen LogP contribution in [0.5, 0.6) is 5.06 Å². The molecule has 0 bridgehead atoms. The average molecular weight is 300 g/mol. The van der Waals surface area contributed by atoms with Crippen LogP contribution in [-0.2, 0) is 10.1 Å². The van der Waals surface area contributed by atoms with Gasteiger partial charge in [-0.2, -0.15) is 8.42 Å². The van der Waals surface area contributed by atoms with Crippen molar-refractivity contribution in [2.75, 3.05) is 6.61 Å². The second kappa shape index (κ2) is 7.28. The van der Waals surface area contributed by atoms with Crippen molar-refractivity contribution in [2.24, 2.45) is 0 Å². The normalized spacial score (nSPS) is 10.5. The van der Waals surface area contributed by atoms with Crippen LogP contribution >= 0.6 is 11.3 Å². The maximum Gasteiger partial charge on any atom is 0.340 e. The highest BCUT2D eigenvalue weighted by molar-refractivity contribution is 7.87. The summed E-state index contributed by atoms with van der Waals surface area (Å²) in [5.41, 5.74) is 0.680. The Bertz CT molecular complexity index is 589. The van der Waals surface area contributed by atoms with Crippen LogP contribution in [0.15, 0.2) is 46.7 Å². The van der Waals surface area contributed by atoms with Crippen LogP contribution in [0.1, 0.15) is 12.5 Å². The topological polar surface area (TPSA) is 63.6 Å². The third kappa shape index (κ3) is 4.66. The summed E-state index contributed by atoms with van der Waals surface area (Å²) in [7, 11) is -3.70. The first kappa shape index (κ1) is 15.7. The standard InChI is InChI=1S/C11H10O3S2.C2H6O/c1-9-5-2-3-6-10(9)16(12,13)14-11-7-4-8-15-11;1-2-3/h2-8H,1H3;3H,2H2,1H3. The van der Waals surface area contributed by atoms with Crippen LogP contribution in [0.25, 0.3) is 0 Å². The summed E-state index contributed by atoms with van der Waals surface area (Å²) >= 11 is 1.25. The molecule has 104 valence electrons. The second-order valence-corrected chi connectivity index (χ2v) is 5.98. The van der Waals surface area contributed by atoms with Gasteiger partial charge >= 0.3 is 10.1 Å². The van der Waals surface area contributed by atoms with E-state index in [9.17, 15) is 8.42 Å². The lowest BCUT2D eigenvalue weighted by Crippen LogP contribution is -2.10. The van der Waals surface area contributed by atoms with E-state index in [4.69, 9.17) is 9.29 Å². The van der Waals surface area contributed by atoms with Gasteiger partial charge in [-0.1, -0.05) is 18.2 Å². The average Bonchev–Trinajstić information content (AvgIpc) is 2.82. The number of aliphatic hydroxyl groups excluding tert-OH is 1. The zero-order valence-corrected chi connectivity index (χ0v) is 12.4. The fourth-order valence-corrected chi connectivity index (χ4v) is 3.24. The number of rotatable bonds is 3. The first-order valence-corrected chi connectivity index (χ1v) is 7.94. The van der Waals surface area contributed by atoms with Gasteiger partial charge in [-0.25, -0.2) is 0 Å². The maximum atomic E-state index is 11.9. The van der Waals surface area contributed by atoms with E-state index in [2.05, 4.69) is 0 Å². The molecule has 2 aromatic rings. The van der Waals surface area contributed by atoms with E-state index < -0.39 is 10.1 Å². The van der Waals surface area contributed by atoms with E-state index >= 15 is 0 Å². The molecule has 0 fully saturated rings. The zero-order chi connectivity index (χ0) is 14.3. The molecule has 0 aliphatic rings. The molecule has 0 radical (unpaired) electrons. The molecule has 0 aliphatic heterocycles. The van der Waals surface area contributed by atoms with Crippen molar-refractivity contribution in [1.29, 1.82) is 0 Å². The van der Waals surface area contributed by atoms with Crippen LogP contribution in [0.3, 0.4) is 0 Å². The number of hydrogen-bond acceptors (Lipinski definition) is 5. The van der Waals surface area contributed by atoms with Gasteiger partial charge in [0.05, 0.1) is 0 Å². The van der Waals surface area contributed by atoms with Crippen LogP contribution in [0.4, 0.5) is 0 Å². The molecule has 19 heavy (non-hydrogen) atoms. The van der Waals surface area contributed by atoms with E-state index in [1.807, 2.05) is 0 Å². The van der Waals surface area contributed by atoms with E-state index in [0.29, 0.717) is 10.6 Å². The third-order valence-electron chi connectivity index (χ3n) is 2.05. The monoisotopic (exact) mass is 300 g/mol. The van der Waals surface area contributed by atoms with Gasteiger partial charge in [0.15, 0.2) is 5.06 Å². The van der Waals surface area contributed by atoms with Crippen molar-refractivity contribution in [3.63, 3.8) is 0 Å². The molecule has 1 aromatic carbocycles. The van der Waals surface area contributed by atoms with Crippen molar-refractivity contribution in [3.05, 3.63) is 47.3 Å². The van der Waals surface area contributed by atoms with Crippen LogP contribution in [-0.4, -0.2) is 20.1 Å². The number of aliphatic hydroxyl groups is 1. The molecule has 0 atom stereocenters. The minimum absolute atomic E-state index is 0.211. The Morgan fingerprint density at radius 3 is 2.37 bits per heavy atom. The van der Waals surface area contributed by atoms with Crippen molar-refractivity contribution < 1.29 is 17.7 Å². The fraction of sp³-hybridized carbons (Fsp3) is 0.231. The molecule has 6 heteroatoms. The molecular formula is C13H16O4S2. The number of aryl methyl sites for hydroxylation is 1. The fourth-order valence-electron chi connectivity index (χ4n) is 1.30. The Labute approximate surface area is 117 Å². The summed E-state index contributed by atoms with van der Waals surface area (Å²) in [5.74, 6) is 0. The molecule has 2 rings (SSSR count). The molecule has 0 saturated heterocycles.